The average molecular weight is 460 g/mol. The van der Waals surface area contributed by atoms with Gasteiger partial charge in [0.25, 0.3) is 11.5 Å². The molecule has 0 atom stereocenters. The lowest BCUT2D eigenvalue weighted by Gasteiger charge is -2.12. The molecule has 0 radical (unpaired) electrons. The third-order valence-corrected chi connectivity index (χ3v) is 6.90. The number of aromatic nitrogens is 1. The minimum atomic E-state index is -3.50. The third-order valence-electron chi connectivity index (χ3n) is 4.70. The van der Waals surface area contributed by atoms with Crippen LogP contribution in [0.3, 0.4) is 0 Å². The van der Waals surface area contributed by atoms with E-state index >= 15 is 0 Å². The highest BCUT2D eigenvalue weighted by molar-refractivity contribution is 7.89. The van der Waals surface area contributed by atoms with Crippen molar-refractivity contribution in [1.29, 1.82) is 0 Å². The summed E-state index contributed by atoms with van der Waals surface area (Å²) in [5.41, 5.74) is 1.61. The van der Waals surface area contributed by atoms with Crippen molar-refractivity contribution in [2.24, 2.45) is 0 Å². The minimum Gasteiger partial charge on any atom is -0.348 e. The number of nitrogens with zero attached hydrogens (tertiary/aromatic N) is 2. The van der Waals surface area contributed by atoms with E-state index in [1.807, 2.05) is 12.1 Å². The molecule has 31 heavy (non-hydrogen) atoms. The van der Waals surface area contributed by atoms with Gasteiger partial charge in [-0.25, -0.2) is 12.7 Å². The molecule has 2 aromatic carbocycles. The molecular formula is C22H22ClN3O4S. The zero-order valence-electron chi connectivity index (χ0n) is 17.1. The summed E-state index contributed by atoms with van der Waals surface area (Å²) in [6.07, 6.45) is 1.49. The summed E-state index contributed by atoms with van der Waals surface area (Å²) < 4.78 is 26.8. The Morgan fingerprint density at radius 2 is 1.71 bits per heavy atom. The molecule has 162 valence electrons. The molecule has 7 nitrogen and oxygen atoms in total. The molecule has 9 heteroatoms. The van der Waals surface area contributed by atoms with Crippen molar-refractivity contribution in [3.63, 3.8) is 0 Å². The van der Waals surface area contributed by atoms with E-state index in [2.05, 4.69) is 5.32 Å². The second kappa shape index (κ2) is 9.47. The maximum Gasteiger partial charge on any atom is 0.253 e. The van der Waals surface area contributed by atoms with E-state index in [9.17, 15) is 18.0 Å². The molecule has 0 bridgehead atoms. The fourth-order valence-electron chi connectivity index (χ4n) is 2.87. The van der Waals surface area contributed by atoms with Gasteiger partial charge in [-0.15, -0.1) is 0 Å². The van der Waals surface area contributed by atoms with E-state index in [1.165, 1.54) is 49.1 Å². The van der Waals surface area contributed by atoms with Crippen molar-refractivity contribution in [2.45, 2.75) is 18.0 Å². The van der Waals surface area contributed by atoms with Crippen LogP contribution in [0.15, 0.2) is 76.6 Å². The van der Waals surface area contributed by atoms with E-state index in [-0.39, 0.29) is 29.5 Å². The minimum absolute atomic E-state index is 0.180. The van der Waals surface area contributed by atoms with Crippen LogP contribution >= 0.6 is 11.6 Å². The number of halogens is 1. The molecule has 0 aliphatic heterocycles. The zero-order chi connectivity index (χ0) is 22.6. The monoisotopic (exact) mass is 459 g/mol. The lowest BCUT2D eigenvalue weighted by molar-refractivity contribution is 0.0950. The van der Waals surface area contributed by atoms with Crippen LogP contribution in [0, 0.1) is 0 Å². The molecule has 0 saturated carbocycles. The van der Waals surface area contributed by atoms with E-state index in [1.54, 1.807) is 24.3 Å². The van der Waals surface area contributed by atoms with Gasteiger partial charge >= 0.3 is 0 Å². The summed E-state index contributed by atoms with van der Waals surface area (Å²) in [4.78, 5) is 24.9. The summed E-state index contributed by atoms with van der Waals surface area (Å²) >= 11 is 6.17. The molecule has 0 fully saturated rings. The Bertz CT molecular complexity index is 1250. The predicted molar refractivity (Wildman–Crippen MR) is 120 cm³/mol. The van der Waals surface area contributed by atoms with Gasteiger partial charge in [0.2, 0.25) is 10.0 Å². The third kappa shape index (κ3) is 5.41. The number of benzene rings is 2. The van der Waals surface area contributed by atoms with Gasteiger partial charge in [0.05, 0.1) is 17.0 Å². The second-order valence-corrected chi connectivity index (χ2v) is 9.65. The Morgan fingerprint density at radius 3 is 2.35 bits per heavy atom. The SMILES string of the molecule is CN(C)S(=O)(=O)c1ccc(CNC(=O)c2ccc(=O)n(Cc3ccccc3Cl)c2)cc1. The standard InChI is InChI=1S/C22H22ClN3O4S/c1-25(2)31(29,30)19-10-7-16(8-11-19)13-24-22(28)18-9-12-21(27)26(15-18)14-17-5-3-4-6-20(17)23/h3-12,15H,13-14H2,1-2H3,(H,24,28). The fraction of sp³-hybridized carbons (Fsp3) is 0.182. The first kappa shape index (κ1) is 22.7. The number of hydrogen-bond acceptors (Lipinski definition) is 4. The molecule has 3 rings (SSSR count). The Balaban J connectivity index is 1.70. The number of pyridine rings is 1. The van der Waals surface area contributed by atoms with Crippen LogP contribution in [0.25, 0.3) is 0 Å². The van der Waals surface area contributed by atoms with E-state index < -0.39 is 10.0 Å². The summed E-state index contributed by atoms with van der Waals surface area (Å²) in [6.45, 7) is 0.464. The summed E-state index contributed by atoms with van der Waals surface area (Å²) in [7, 11) is -0.568. The lowest BCUT2D eigenvalue weighted by atomic mass is 10.2. The molecule has 0 unspecified atom stereocenters. The highest BCUT2D eigenvalue weighted by Gasteiger charge is 2.16. The highest BCUT2D eigenvalue weighted by Crippen LogP contribution is 2.16. The van der Waals surface area contributed by atoms with Gasteiger partial charge in [-0.1, -0.05) is 41.9 Å². The number of nitrogens with one attached hydrogen (secondary N) is 1. The smallest absolute Gasteiger partial charge is 0.253 e. The Morgan fingerprint density at radius 1 is 1.03 bits per heavy atom. The van der Waals surface area contributed by atoms with Crippen LogP contribution < -0.4 is 10.9 Å². The molecular weight excluding hydrogens is 438 g/mol. The van der Waals surface area contributed by atoms with Crippen molar-refractivity contribution in [3.05, 3.63) is 98.9 Å². The number of carbonyl (C=O) groups excluding carboxylic acids is 1. The van der Waals surface area contributed by atoms with E-state index in [4.69, 9.17) is 11.6 Å². The summed E-state index contributed by atoms with van der Waals surface area (Å²) in [5, 5.41) is 3.32. The number of hydrogen-bond donors (Lipinski definition) is 1. The maximum absolute atomic E-state index is 12.6. The summed E-state index contributed by atoms with van der Waals surface area (Å²) in [5.74, 6) is -0.349. The molecule has 0 aliphatic rings. The average Bonchev–Trinajstić information content (AvgIpc) is 2.75. The van der Waals surface area contributed by atoms with Crippen molar-refractivity contribution >= 4 is 27.5 Å². The van der Waals surface area contributed by atoms with Crippen LogP contribution in [0.1, 0.15) is 21.5 Å². The molecule has 0 aliphatic carbocycles. The summed E-state index contributed by atoms with van der Waals surface area (Å²) in [6, 6.07) is 16.3. The van der Waals surface area contributed by atoms with Crippen LogP contribution in [0.2, 0.25) is 5.02 Å². The zero-order valence-corrected chi connectivity index (χ0v) is 18.7. The largest absolute Gasteiger partial charge is 0.348 e. The van der Waals surface area contributed by atoms with Gasteiger partial charge in [0.1, 0.15) is 0 Å². The number of rotatable bonds is 7. The molecule has 0 saturated heterocycles. The van der Waals surface area contributed by atoms with Crippen molar-refractivity contribution in [1.82, 2.24) is 14.2 Å². The topological polar surface area (TPSA) is 88.5 Å². The van der Waals surface area contributed by atoms with Gasteiger partial charge in [0, 0.05) is 37.9 Å². The van der Waals surface area contributed by atoms with Crippen LogP contribution in [-0.4, -0.2) is 37.3 Å². The number of amides is 1. The van der Waals surface area contributed by atoms with Crippen LogP contribution in [0.4, 0.5) is 0 Å². The number of carbonyl (C=O) groups is 1. The maximum atomic E-state index is 12.6. The second-order valence-electron chi connectivity index (χ2n) is 7.09. The van der Waals surface area contributed by atoms with Crippen molar-refractivity contribution in [3.8, 4) is 0 Å². The number of sulfonamides is 1. The fourth-order valence-corrected chi connectivity index (χ4v) is 3.97. The van der Waals surface area contributed by atoms with Gasteiger partial charge in [-0.05, 0) is 35.4 Å². The predicted octanol–water partition coefficient (Wildman–Crippen LogP) is 2.73. The highest BCUT2D eigenvalue weighted by atomic mass is 35.5. The Hall–Kier alpha value is -2.94. The van der Waals surface area contributed by atoms with Crippen LogP contribution in [-0.2, 0) is 23.1 Å². The molecule has 1 amide bonds. The normalized spacial score (nSPS) is 11.5. The molecule has 1 heterocycles. The lowest BCUT2D eigenvalue weighted by Crippen LogP contribution is -2.26. The molecule has 3 aromatic rings. The van der Waals surface area contributed by atoms with Gasteiger partial charge in [-0.3, -0.25) is 9.59 Å². The first-order valence-electron chi connectivity index (χ1n) is 9.42. The van der Waals surface area contributed by atoms with E-state index in [0.29, 0.717) is 10.6 Å². The van der Waals surface area contributed by atoms with Crippen LogP contribution in [0.5, 0.6) is 0 Å². The van der Waals surface area contributed by atoms with Gasteiger partial charge < -0.3 is 9.88 Å². The Kier molecular flexibility index (Phi) is 6.94. The van der Waals surface area contributed by atoms with E-state index in [0.717, 1.165) is 15.4 Å². The quantitative estimate of drug-likeness (QED) is 0.588. The first-order valence-corrected chi connectivity index (χ1v) is 11.2. The van der Waals surface area contributed by atoms with Crippen molar-refractivity contribution < 1.29 is 13.2 Å². The molecule has 0 spiro atoms. The molecule has 1 aromatic heterocycles. The Labute approximate surface area is 185 Å². The molecule has 1 N–H and O–H groups in total. The first-order chi connectivity index (χ1) is 14.7. The van der Waals surface area contributed by atoms with Crippen molar-refractivity contribution in [2.75, 3.05) is 14.1 Å². The van der Waals surface area contributed by atoms with Gasteiger partial charge in [-0.2, -0.15) is 0 Å². The van der Waals surface area contributed by atoms with Gasteiger partial charge in [0.15, 0.2) is 0 Å².